The molecule has 0 aromatic heterocycles. The van der Waals surface area contributed by atoms with Gasteiger partial charge in [0.1, 0.15) is 5.75 Å². The van der Waals surface area contributed by atoms with Gasteiger partial charge in [0.05, 0.1) is 19.7 Å². The minimum atomic E-state index is -1.54. The zero-order chi connectivity index (χ0) is 35.0. The SMILES string of the molecule is [N-]=[N+]=NCc1ccccc1C[C@]1(C(=O)NNCCCc2ccccc2)N=C(c2ccc(OCCCO)cc2)O[C@H]1c1ccccc1CN=[N+]=[N-]. The molecule has 4 aromatic carbocycles. The lowest BCUT2D eigenvalue weighted by Crippen LogP contribution is -2.54. The Morgan fingerprint density at radius 2 is 1.52 bits per heavy atom. The number of rotatable bonds is 18. The standard InChI is InChI=1S/C37H39N9O4/c38-45-41-25-30-14-5-4-13-29(30)24-37(36(48)44-40-21-8-12-27-10-2-1-3-11-27)34(33-16-7-6-15-31(33)26-42-46-39)50-35(43-37)28-17-19-32(20-18-28)49-23-9-22-47/h1-7,10-11,13-20,34,40,47H,8-9,12,21-26H2,(H,44,48)/t34-,37-/m0/s1. The van der Waals surface area contributed by atoms with Crippen molar-refractivity contribution in [3.05, 3.63) is 157 Å². The minimum absolute atomic E-state index is 0.0310. The number of carbonyl (C=O) groups excluding carboxylic acids is 1. The number of azide groups is 2. The molecule has 1 aliphatic rings. The first-order valence-electron chi connectivity index (χ1n) is 16.4. The molecule has 13 nitrogen and oxygen atoms in total. The van der Waals surface area contributed by atoms with Crippen molar-refractivity contribution in [2.24, 2.45) is 15.2 Å². The predicted octanol–water partition coefficient (Wildman–Crippen LogP) is 6.82. The van der Waals surface area contributed by atoms with E-state index in [-0.39, 0.29) is 32.0 Å². The van der Waals surface area contributed by atoms with Crippen LogP contribution in [0.4, 0.5) is 0 Å². The van der Waals surface area contributed by atoms with Gasteiger partial charge in [0.15, 0.2) is 11.6 Å². The molecule has 1 aliphatic heterocycles. The zero-order valence-electron chi connectivity index (χ0n) is 27.6. The van der Waals surface area contributed by atoms with Crippen LogP contribution >= 0.6 is 0 Å². The summed E-state index contributed by atoms with van der Waals surface area (Å²) >= 11 is 0. The lowest BCUT2D eigenvalue weighted by atomic mass is 9.80. The number of aliphatic hydroxyl groups is 1. The van der Waals surface area contributed by atoms with E-state index in [2.05, 4.69) is 43.0 Å². The first kappa shape index (κ1) is 35.5. The molecular weight excluding hydrogens is 634 g/mol. The first-order valence-corrected chi connectivity index (χ1v) is 16.4. The van der Waals surface area contributed by atoms with E-state index in [9.17, 15) is 4.79 Å². The molecule has 1 amide bonds. The number of hydrogen-bond donors (Lipinski definition) is 3. The Kier molecular flexibility index (Phi) is 12.8. The average Bonchev–Trinajstić information content (AvgIpc) is 3.54. The third kappa shape index (κ3) is 8.98. The average molecular weight is 674 g/mol. The van der Waals surface area contributed by atoms with Crippen molar-refractivity contribution in [2.75, 3.05) is 19.8 Å². The van der Waals surface area contributed by atoms with Crippen LogP contribution in [0.25, 0.3) is 20.9 Å². The molecule has 0 unspecified atom stereocenters. The second-order valence-corrected chi connectivity index (χ2v) is 11.7. The van der Waals surface area contributed by atoms with Crippen LogP contribution < -0.4 is 15.6 Å². The molecular formula is C37H39N9O4. The maximum atomic E-state index is 14.7. The lowest BCUT2D eigenvalue weighted by molar-refractivity contribution is -0.130. The number of aliphatic imine (C=N–C) groups is 1. The van der Waals surface area contributed by atoms with Crippen LogP contribution in [-0.4, -0.2) is 42.2 Å². The number of ether oxygens (including phenoxy) is 2. The van der Waals surface area contributed by atoms with Crippen LogP contribution in [0, 0.1) is 0 Å². The van der Waals surface area contributed by atoms with Crippen LogP contribution in [0.1, 0.15) is 52.3 Å². The van der Waals surface area contributed by atoms with Crippen LogP contribution in [0.2, 0.25) is 0 Å². The third-order valence-electron chi connectivity index (χ3n) is 8.37. The van der Waals surface area contributed by atoms with E-state index in [0.29, 0.717) is 42.0 Å². The number of benzene rings is 4. The topological polar surface area (TPSA) is 190 Å². The van der Waals surface area contributed by atoms with Gasteiger partial charge in [-0.3, -0.25) is 10.2 Å². The summed E-state index contributed by atoms with van der Waals surface area (Å²) in [4.78, 5) is 25.6. The summed E-state index contributed by atoms with van der Waals surface area (Å²) in [7, 11) is 0. The van der Waals surface area contributed by atoms with E-state index in [1.807, 2.05) is 66.7 Å². The summed E-state index contributed by atoms with van der Waals surface area (Å²) in [5.74, 6) is 0.452. The highest BCUT2D eigenvalue weighted by Gasteiger charge is 2.54. The quantitative estimate of drug-likeness (QED) is 0.0343. The summed E-state index contributed by atoms with van der Waals surface area (Å²) in [5, 5.41) is 16.7. The fourth-order valence-electron chi connectivity index (χ4n) is 5.86. The van der Waals surface area contributed by atoms with E-state index >= 15 is 0 Å². The number of nitrogens with one attached hydrogen (secondary N) is 2. The maximum Gasteiger partial charge on any atom is 0.266 e. The van der Waals surface area contributed by atoms with Crippen molar-refractivity contribution in [3.8, 4) is 5.75 Å². The Morgan fingerprint density at radius 3 is 2.24 bits per heavy atom. The predicted molar refractivity (Wildman–Crippen MR) is 190 cm³/mol. The van der Waals surface area contributed by atoms with E-state index < -0.39 is 17.6 Å². The van der Waals surface area contributed by atoms with E-state index in [1.165, 1.54) is 5.56 Å². The molecule has 50 heavy (non-hydrogen) atoms. The van der Waals surface area contributed by atoms with Crippen LogP contribution in [0.15, 0.2) is 118 Å². The van der Waals surface area contributed by atoms with E-state index in [4.69, 9.17) is 30.6 Å². The molecule has 0 fully saturated rings. The molecule has 3 N–H and O–H groups in total. The molecule has 0 spiro atoms. The van der Waals surface area contributed by atoms with E-state index in [1.54, 1.807) is 24.3 Å². The van der Waals surface area contributed by atoms with Gasteiger partial charge in [0, 0.05) is 41.4 Å². The molecule has 1 heterocycles. The fraction of sp³-hybridized carbons (Fsp3) is 0.297. The second kappa shape index (κ2) is 18.1. The van der Waals surface area contributed by atoms with Gasteiger partial charge >= 0.3 is 0 Å². The highest BCUT2D eigenvalue weighted by Crippen LogP contribution is 2.44. The van der Waals surface area contributed by atoms with Gasteiger partial charge in [-0.2, -0.15) is 0 Å². The Labute approximate surface area is 290 Å². The maximum absolute atomic E-state index is 14.7. The number of carbonyl (C=O) groups is 1. The fourth-order valence-corrected chi connectivity index (χ4v) is 5.86. The van der Waals surface area contributed by atoms with Gasteiger partial charge in [0.2, 0.25) is 5.90 Å². The summed E-state index contributed by atoms with van der Waals surface area (Å²) in [6.07, 6.45) is 1.30. The van der Waals surface area contributed by atoms with Crippen LogP contribution in [-0.2, 0) is 35.5 Å². The highest BCUT2D eigenvalue weighted by molar-refractivity contribution is 6.01. The van der Waals surface area contributed by atoms with Crippen LogP contribution in [0.3, 0.4) is 0 Å². The minimum Gasteiger partial charge on any atom is -0.494 e. The summed E-state index contributed by atoms with van der Waals surface area (Å²) < 4.78 is 12.4. The van der Waals surface area contributed by atoms with Gasteiger partial charge in [-0.1, -0.05) is 89.1 Å². The molecule has 0 bridgehead atoms. The van der Waals surface area contributed by atoms with Gasteiger partial charge in [-0.15, -0.1) is 0 Å². The molecule has 13 heteroatoms. The largest absolute Gasteiger partial charge is 0.494 e. The summed E-state index contributed by atoms with van der Waals surface area (Å²) in [5.41, 5.74) is 27.4. The molecule has 4 aromatic rings. The second-order valence-electron chi connectivity index (χ2n) is 11.7. The van der Waals surface area contributed by atoms with Gasteiger partial charge in [0.25, 0.3) is 5.91 Å². The Morgan fingerprint density at radius 1 is 0.860 bits per heavy atom. The van der Waals surface area contributed by atoms with Crippen molar-refractivity contribution >= 4 is 11.8 Å². The molecule has 0 saturated carbocycles. The van der Waals surface area contributed by atoms with Crippen molar-refractivity contribution < 1.29 is 19.4 Å². The zero-order valence-corrected chi connectivity index (χ0v) is 27.6. The normalized spacial score (nSPS) is 16.3. The molecule has 0 radical (unpaired) electrons. The summed E-state index contributed by atoms with van der Waals surface area (Å²) in [6.45, 7) is 1.05. The number of hydrazine groups is 1. The van der Waals surface area contributed by atoms with Gasteiger partial charge < -0.3 is 14.6 Å². The Bertz CT molecular complexity index is 1860. The van der Waals surface area contributed by atoms with Crippen molar-refractivity contribution in [1.29, 1.82) is 0 Å². The van der Waals surface area contributed by atoms with Crippen molar-refractivity contribution in [1.82, 2.24) is 10.9 Å². The van der Waals surface area contributed by atoms with Crippen molar-refractivity contribution in [3.63, 3.8) is 0 Å². The number of aliphatic hydroxyl groups excluding tert-OH is 1. The lowest BCUT2D eigenvalue weighted by Gasteiger charge is -2.32. The van der Waals surface area contributed by atoms with Gasteiger partial charge in [-0.05, 0) is 76.0 Å². The molecule has 0 saturated heterocycles. The number of aryl methyl sites for hydroxylation is 1. The van der Waals surface area contributed by atoms with Crippen LogP contribution in [0.5, 0.6) is 5.75 Å². The van der Waals surface area contributed by atoms with Crippen molar-refractivity contribution in [2.45, 2.75) is 50.4 Å². The van der Waals surface area contributed by atoms with Gasteiger partial charge in [-0.25, -0.2) is 10.4 Å². The Hall–Kier alpha value is -5.84. The first-order chi connectivity index (χ1) is 24.6. The molecule has 0 aliphatic carbocycles. The monoisotopic (exact) mass is 673 g/mol. The highest BCUT2D eigenvalue weighted by atomic mass is 16.5. The molecule has 5 rings (SSSR count). The Balaban J connectivity index is 1.55. The summed E-state index contributed by atoms with van der Waals surface area (Å²) in [6, 6.07) is 32.1. The van der Waals surface area contributed by atoms with E-state index in [0.717, 1.165) is 24.0 Å². The molecule has 2 atom stereocenters. The third-order valence-corrected chi connectivity index (χ3v) is 8.37. The smallest absolute Gasteiger partial charge is 0.266 e. The number of nitrogens with zero attached hydrogens (tertiary/aromatic N) is 7. The number of hydrogen-bond acceptors (Lipinski definition) is 8. The number of amides is 1. The molecule has 256 valence electrons.